The van der Waals surface area contributed by atoms with Crippen molar-refractivity contribution < 1.29 is 18.0 Å². The van der Waals surface area contributed by atoms with Crippen LogP contribution in [-0.2, 0) is 11.0 Å². The highest BCUT2D eigenvalue weighted by molar-refractivity contribution is 6.60. The standard InChI is InChI=1S/C13H11Cl3F3NO/c1-7(14)10-6-20(11(21)12(10,15)16)9-4-2-3-8(5-9)13(17,18)19/h2-5,7,10H,6H2,1H3. The Morgan fingerprint density at radius 1 is 1.38 bits per heavy atom. The number of hydrogen-bond acceptors (Lipinski definition) is 1. The zero-order valence-corrected chi connectivity index (χ0v) is 13.1. The molecule has 1 fully saturated rings. The summed E-state index contributed by atoms with van der Waals surface area (Å²) in [7, 11) is 0. The smallest absolute Gasteiger partial charge is 0.309 e. The maximum atomic E-state index is 12.7. The van der Waals surface area contributed by atoms with Crippen LogP contribution in [0.4, 0.5) is 18.9 Å². The Labute approximate surface area is 134 Å². The monoisotopic (exact) mass is 359 g/mol. The summed E-state index contributed by atoms with van der Waals surface area (Å²) in [4.78, 5) is 13.4. The fraction of sp³-hybridized carbons (Fsp3) is 0.462. The third-order valence-electron chi connectivity index (χ3n) is 3.41. The van der Waals surface area contributed by atoms with E-state index < -0.39 is 33.3 Å². The highest BCUT2D eigenvalue weighted by atomic mass is 35.5. The van der Waals surface area contributed by atoms with Crippen molar-refractivity contribution in [3.05, 3.63) is 29.8 Å². The number of carbonyl (C=O) groups is 1. The van der Waals surface area contributed by atoms with Gasteiger partial charge in [-0.1, -0.05) is 29.3 Å². The van der Waals surface area contributed by atoms with E-state index in [1.807, 2.05) is 0 Å². The summed E-state index contributed by atoms with van der Waals surface area (Å²) < 4.78 is 36.5. The van der Waals surface area contributed by atoms with Crippen LogP contribution in [0.25, 0.3) is 0 Å². The molecule has 1 saturated heterocycles. The summed E-state index contributed by atoms with van der Waals surface area (Å²) in [5.41, 5.74) is -0.745. The summed E-state index contributed by atoms with van der Waals surface area (Å²) >= 11 is 18.0. The minimum atomic E-state index is -4.49. The topological polar surface area (TPSA) is 20.3 Å². The molecule has 21 heavy (non-hydrogen) atoms. The van der Waals surface area contributed by atoms with E-state index in [1.54, 1.807) is 6.92 Å². The first-order valence-electron chi connectivity index (χ1n) is 6.06. The lowest BCUT2D eigenvalue weighted by atomic mass is 10.0. The van der Waals surface area contributed by atoms with Gasteiger partial charge in [0.1, 0.15) is 0 Å². The highest BCUT2D eigenvalue weighted by Gasteiger charge is 2.54. The Balaban J connectivity index is 2.38. The van der Waals surface area contributed by atoms with E-state index in [4.69, 9.17) is 34.8 Å². The third-order valence-corrected chi connectivity index (χ3v) is 4.60. The van der Waals surface area contributed by atoms with E-state index in [0.29, 0.717) is 0 Å². The molecule has 1 aromatic carbocycles. The van der Waals surface area contributed by atoms with E-state index in [-0.39, 0.29) is 12.2 Å². The van der Waals surface area contributed by atoms with Crippen LogP contribution < -0.4 is 4.90 Å². The first-order chi connectivity index (χ1) is 9.55. The predicted octanol–water partition coefficient (Wildman–Crippen LogP) is 4.47. The summed E-state index contributed by atoms with van der Waals surface area (Å²) in [6.07, 6.45) is -4.49. The van der Waals surface area contributed by atoms with Crippen LogP contribution in [-0.4, -0.2) is 22.2 Å². The van der Waals surface area contributed by atoms with Gasteiger partial charge in [-0.15, -0.1) is 11.6 Å². The molecule has 2 nitrogen and oxygen atoms in total. The second kappa shape index (κ2) is 5.52. The number of halogens is 6. The van der Waals surface area contributed by atoms with Crippen molar-refractivity contribution in [2.75, 3.05) is 11.4 Å². The average Bonchev–Trinajstić information content (AvgIpc) is 2.60. The van der Waals surface area contributed by atoms with E-state index in [2.05, 4.69) is 0 Å². The third kappa shape index (κ3) is 3.10. The Hall–Kier alpha value is -0.650. The molecule has 8 heteroatoms. The molecule has 0 saturated carbocycles. The average molecular weight is 361 g/mol. The van der Waals surface area contributed by atoms with Gasteiger partial charge in [0, 0.05) is 23.5 Å². The van der Waals surface area contributed by atoms with Gasteiger partial charge in [0.2, 0.25) is 4.33 Å². The van der Waals surface area contributed by atoms with Gasteiger partial charge in [0.25, 0.3) is 5.91 Å². The van der Waals surface area contributed by atoms with Crippen molar-refractivity contribution in [2.24, 2.45) is 5.92 Å². The fourth-order valence-electron chi connectivity index (χ4n) is 2.24. The zero-order chi connectivity index (χ0) is 16.0. The molecule has 116 valence electrons. The van der Waals surface area contributed by atoms with Gasteiger partial charge in [-0.25, -0.2) is 0 Å². The van der Waals surface area contributed by atoms with E-state index >= 15 is 0 Å². The van der Waals surface area contributed by atoms with Gasteiger partial charge in [0.05, 0.1) is 5.56 Å². The lowest BCUT2D eigenvalue weighted by Crippen LogP contribution is -2.35. The number of carbonyl (C=O) groups excluding carboxylic acids is 1. The van der Waals surface area contributed by atoms with Crippen molar-refractivity contribution in [2.45, 2.75) is 22.8 Å². The van der Waals surface area contributed by atoms with Gasteiger partial charge in [-0.3, -0.25) is 4.79 Å². The van der Waals surface area contributed by atoms with Crippen LogP contribution in [0.2, 0.25) is 0 Å². The van der Waals surface area contributed by atoms with Crippen molar-refractivity contribution in [3.8, 4) is 0 Å². The summed E-state index contributed by atoms with van der Waals surface area (Å²) in [6.45, 7) is 1.70. The zero-order valence-electron chi connectivity index (χ0n) is 10.8. The van der Waals surface area contributed by atoms with Crippen LogP contribution in [0, 0.1) is 5.92 Å². The molecule has 2 atom stereocenters. The molecule has 2 rings (SSSR count). The Morgan fingerprint density at radius 2 is 2.00 bits per heavy atom. The molecule has 0 spiro atoms. The quantitative estimate of drug-likeness (QED) is 0.713. The molecule has 0 radical (unpaired) electrons. The number of amides is 1. The number of rotatable bonds is 2. The number of benzene rings is 1. The highest BCUT2D eigenvalue weighted by Crippen LogP contribution is 2.44. The van der Waals surface area contributed by atoms with Gasteiger partial charge < -0.3 is 4.90 Å². The molecular weight excluding hydrogens is 350 g/mol. The van der Waals surface area contributed by atoms with Gasteiger partial charge in [-0.05, 0) is 25.1 Å². The molecule has 0 aromatic heterocycles. The maximum Gasteiger partial charge on any atom is 0.416 e. The molecule has 1 aliphatic heterocycles. The summed E-state index contributed by atoms with van der Waals surface area (Å²) in [6, 6.07) is 4.45. The fourth-order valence-corrected chi connectivity index (χ4v) is 3.36. The predicted molar refractivity (Wildman–Crippen MR) is 77.0 cm³/mol. The molecule has 0 N–H and O–H groups in total. The number of hydrogen-bond donors (Lipinski definition) is 0. The van der Waals surface area contributed by atoms with Gasteiger partial charge in [-0.2, -0.15) is 13.2 Å². The molecule has 1 aliphatic rings. The van der Waals surface area contributed by atoms with E-state index in [9.17, 15) is 18.0 Å². The number of anilines is 1. The molecule has 0 bridgehead atoms. The van der Waals surface area contributed by atoms with Crippen LogP contribution in [0.15, 0.2) is 24.3 Å². The van der Waals surface area contributed by atoms with Crippen LogP contribution in [0.1, 0.15) is 12.5 Å². The second-order valence-electron chi connectivity index (χ2n) is 4.87. The van der Waals surface area contributed by atoms with Gasteiger partial charge >= 0.3 is 6.18 Å². The first kappa shape index (κ1) is 16.7. The molecule has 1 aromatic rings. The van der Waals surface area contributed by atoms with Crippen LogP contribution in [0.5, 0.6) is 0 Å². The van der Waals surface area contributed by atoms with Gasteiger partial charge in [0.15, 0.2) is 0 Å². The minimum Gasteiger partial charge on any atom is -0.309 e. The van der Waals surface area contributed by atoms with Crippen molar-refractivity contribution in [3.63, 3.8) is 0 Å². The lowest BCUT2D eigenvalue weighted by molar-refractivity contribution is -0.137. The molecule has 1 amide bonds. The molecular formula is C13H11Cl3F3NO. The minimum absolute atomic E-state index is 0.0673. The van der Waals surface area contributed by atoms with Crippen molar-refractivity contribution in [1.82, 2.24) is 0 Å². The summed E-state index contributed by atoms with van der Waals surface area (Å²) in [5.74, 6) is -1.24. The largest absolute Gasteiger partial charge is 0.416 e. The SMILES string of the molecule is CC(Cl)C1CN(c2cccc(C(F)(F)F)c2)C(=O)C1(Cl)Cl. The van der Waals surface area contributed by atoms with Crippen molar-refractivity contribution >= 4 is 46.4 Å². The normalized spacial score (nSPS) is 23.5. The maximum absolute atomic E-state index is 12.7. The van der Waals surface area contributed by atoms with E-state index in [0.717, 1.165) is 17.0 Å². The second-order valence-corrected chi connectivity index (χ2v) is 6.95. The Bertz CT molecular complexity index is 560. The lowest BCUT2D eigenvalue weighted by Gasteiger charge is -2.20. The number of alkyl halides is 6. The first-order valence-corrected chi connectivity index (χ1v) is 7.25. The molecule has 0 aliphatic carbocycles. The summed E-state index contributed by atoms with van der Waals surface area (Å²) in [5, 5.41) is -0.500. The van der Waals surface area contributed by atoms with Crippen LogP contribution >= 0.6 is 34.8 Å². The van der Waals surface area contributed by atoms with E-state index in [1.165, 1.54) is 12.1 Å². The Kier molecular flexibility index (Phi) is 4.40. The molecule has 2 unspecified atom stereocenters. The van der Waals surface area contributed by atoms with Crippen LogP contribution in [0.3, 0.4) is 0 Å². The van der Waals surface area contributed by atoms with Crippen molar-refractivity contribution in [1.29, 1.82) is 0 Å². The number of nitrogens with zero attached hydrogens (tertiary/aromatic N) is 1. The Morgan fingerprint density at radius 3 is 2.48 bits per heavy atom. The molecule has 1 heterocycles.